The van der Waals surface area contributed by atoms with Gasteiger partial charge in [0.2, 0.25) is 0 Å². The number of halogens is 2. The van der Waals surface area contributed by atoms with Gasteiger partial charge in [-0.15, -0.1) is 12.4 Å². The molecule has 1 amide bonds. The molecule has 6 heteroatoms. The summed E-state index contributed by atoms with van der Waals surface area (Å²) in [6.45, 7) is 5.27. The zero-order valence-electron chi connectivity index (χ0n) is 11.3. The smallest absolute Gasteiger partial charge is 0.255 e. The summed E-state index contributed by atoms with van der Waals surface area (Å²) in [5.74, 6) is -0.429. The number of ether oxygens (including phenoxy) is 1. The highest BCUT2D eigenvalue weighted by Crippen LogP contribution is 2.18. The SMILES string of the molecule is CCN[C@H](C)CNC(=O)c1cc(F)ccc1OC.Cl. The van der Waals surface area contributed by atoms with Gasteiger partial charge in [0, 0.05) is 12.6 Å². The maximum atomic E-state index is 13.1. The third-order valence-corrected chi connectivity index (χ3v) is 2.53. The highest BCUT2D eigenvalue weighted by atomic mass is 35.5. The number of methoxy groups -OCH3 is 1. The van der Waals surface area contributed by atoms with Gasteiger partial charge in [-0.05, 0) is 31.7 Å². The summed E-state index contributed by atoms with van der Waals surface area (Å²) < 4.78 is 18.1. The van der Waals surface area contributed by atoms with Gasteiger partial charge < -0.3 is 15.4 Å². The molecule has 0 saturated heterocycles. The monoisotopic (exact) mass is 290 g/mol. The number of carbonyl (C=O) groups is 1. The fraction of sp³-hybridized carbons (Fsp3) is 0.462. The largest absolute Gasteiger partial charge is 0.496 e. The Hall–Kier alpha value is -1.33. The highest BCUT2D eigenvalue weighted by Gasteiger charge is 2.13. The Kier molecular flexibility index (Phi) is 8.11. The number of rotatable bonds is 6. The molecule has 1 rings (SSSR count). The lowest BCUT2D eigenvalue weighted by molar-refractivity contribution is 0.0946. The van der Waals surface area contributed by atoms with E-state index >= 15 is 0 Å². The average molecular weight is 291 g/mol. The number of hydrogen-bond acceptors (Lipinski definition) is 3. The first kappa shape index (κ1) is 17.7. The lowest BCUT2D eigenvalue weighted by Crippen LogP contribution is -2.38. The molecule has 4 nitrogen and oxygen atoms in total. The topological polar surface area (TPSA) is 50.4 Å². The summed E-state index contributed by atoms with van der Waals surface area (Å²) in [6, 6.07) is 4.04. The molecule has 0 bridgehead atoms. The summed E-state index contributed by atoms with van der Waals surface area (Å²) in [5.41, 5.74) is 0.209. The van der Waals surface area contributed by atoms with Crippen molar-refractivity contribution in [1.82, 2.24) is 10.6 Å². The van der Waals surface area contributed by atoms with Crippen molar-refractivity contribution in [2.45, 2.75) is 19.9 Å². The van der Waals surface area contributed by atoms with Crippen LogP contribution in [0.4, 0.5) is 4.39 Å². The minimum Gasteiger partial charge on any atom is -0.496 e. The molecule has 0 heterocycles. The number of benzene rings is 1. The van der Waals surface area contributed by atoms with Crippen molar-refractivity contribution in [3.05, 3.63) is 29.6 Å². The van der Waals surface area contributed by atoms with Crippen molar-refractivity contribution < 1.29 is 13.9 Å². The molecule has 0 aromatic heterocycles. The van der Waals surface area contributed by atoms with Crippen molar-refractivity contribution in [3.63, 3.8) is 0 Å². The number of carbonyl (C=O) groups excluding carboxylic acids is 1. The van der Waals surface area contributed by atoms with Gasteiger partial charge in [-0.25, -0.2) is 4.39 Å². The van der Waals surface area contributed by atoms with Gasteiger partial charge in [0.15, 0.2) is 0 Å². The van der Waals surface area contributed by atoms with Crippen LogP contribution in [0.15, 0.2) is 18.2 Å². The zero-order valence-corrected chi connectivity index (χ0v) is 12.1. The maximum Gasteiger partial charge on any atom is 0.255 e. The van der Waals surface area contributed by atoms with Crippen LogP contribution in [-0.2, 0) is 0 Å². The van der Waals surface area contributed by atoms with E-state index in [0.717, 1.165) is 6.54 Å². The number of amides is 1. The molecule has 108 valence electrons. The lowest BCUT2D eigenvalue weighted by atomic mass is 10.1. The molecule has 0 fully saturated rings. The molecule has 0 radical (unpaired) electrons. The second-order valence-electron chi connectivity index (χ2n) is 4.01. The molecule has 0 spiro atoms. The van der Waals surface area contributed by atoms with Crippen molar-refractivity contribution in [3.8, 4) is 5.75 Å². The van der Waals surface area contributed by atoms with Crippen molar-refractivity contribution in [2.24, 2.45) is 0 Å². The van der Waals surface area contributed by atoms with Crippen LogP contribution >= 0.6 is 12.4 Å². The van der Waals surface area contributed by atoms with Crippen LogP contribution in [0.25, 0.3) is 0 Å². The Morgan fingerprint density at radius 2 is 2.16 bits per heavy atom. The van der Waals surface area contributed by atoms with Gasteiger partial charge in [0.05, 0.1) is 12.7 Å². The molecule has 0 aliphatic rings. The van der Waals surface area contributed by atoms with E-state index in [2.05, 4.69) is 10.6 Å². The van der Waals surface area contributed by atoms with Crippen molar-refractivity contribution in [1.29, 1.82) is 0 Å². The van der Waals surface area contributed by atoms with Gasteiger partial charge in [-0.3, -0.25) is 4.79 Å². The van der Waals surface area contributed by atoms with Gasteiger partial charge in [-0.2, -0.15) is 0 Å². The third-order valence-electron chi connectivity index (χ3n) is 2.53. The van der Waals surface area contributed by atoms with Crippen LogP contribution in [0.3, 0.4) is 0 Å². The van der Waals surface area contributed by atoms with E-state index in [1.807, 2.05) is 13.8 Å². The first-order valence-electron chi connectivity index (χ1n) is 5.93. The minimum atomic E-state index is -0.458. The molecule has 0 saturated carbocycles. The molecular formula is C13H20ClFN2O2. The Labute approximate surface area is 119 Å². The predicted octanol–water partition coefficient (Wildman–Crippen LogP) is 1.98. The second kappa shape index (κ2) is 8.72. The normalized spacial score (nSPS) is 11.4. The third kappa shape index (κ3) is 5.44. The zero-order chi connectivity index (χ0) is 13.5. The van der Waals surface area contributed by atoms with Crippen LogP contribution < -0.4 is 15.4 Å². The van der Waals surface area contributed by atoms with E-state index in [9.17, 15) is 9.18 Å². The Balaban J connectivity index is 0.00000324. The molecular weight excluding hydrogens is 271 g/mol. The Morgan fingerprint density at radius 1 is 1.47 bits per heavy atom. The summed E-state index contributed by atoms with van der Waals surface area (Å²) in [7, 11) is 1.45. The Morgan fingerprint density at radius 3 is 2.74 bits per heavy atom. The lowest BCUT2D eigenvalue weighted by Gasteiger charge is -2.14. The van der Waals surface area contributed by atoms with Gasteiger partial charge >= 0.3 is 0 Å². The maximum absolute atomic E-state index is 13.1. The van der Waals surface area contributed by atoms with Gasteiger partial charge in [0.25, 0.3) is 5.91 Å². The molecule has 1 aromatic carbocycles. The van der Waals surface area contributed by atoms with E-state index in [1.54, 1.807) is 0 Å². The van der Waals surface area contributed by atoms with Crippen LogP contribution in [0, 0.1) is 5.82 Å². The van der Waals surface area contributed by atoms with E-state index in [0.29, 0.717) is 12.3 Å². The Bertz CT molecular complexity index is 416. The summed E-state index contributed by atoms with van der Waals surface area (Å²) in [5, 5.41) is 5.91. The molecule has 2 N–H and O–H groups in total. The van der Waals surface area contributed by atoms with E-state index in [4.69, 9.17) is 4.74 Å². The molecule has 0 unspecified atom stereocenters. The molecule has 1 atom stereocenters. The second-order valence-corrected chi connectivity index (χ2v) is 4.01. The van der Waals surface area contributed by atoms with Gasteiger partial charge in [0.1, 0.15) is 11.6 Å². The quantitative estimate of drug-likeness (QED) is 0.842. The van der Waals surface area contributed by atoms with Crippen LogP contribution in [0.5, 0.6) is 5.75 Å². The standard InChI is InChI=1S/C13H19FN2O2.ClH/c1-4-15-9(2)8-16-13(17)11-7-10(14)5-6-12(11)18-3;/h5-7,9,15H,4,8H2,1-3H3,(H,16,17);1H/t9-;/m1./s1. The first-order valence-corrected chi connectivity index (χ1v) is 5.93. The van der Waals surface area contributed by atoms with Crippen molar-refractivity contribution >= 4 is 18.3 Å². The highest BCUT2D eigenvalue weighted by molar-refractivity contribution is 5.96. The summed E-state index contributed by atoms with van der Waals surface area (Å²) in [4.78, 5) is 11.9. The van der Waals surface area contributed by atoms with Crippen LogP contribution in [0.1, 0.15) is 24.2 Å². The minimum absolute atomic E-state index is 0. The van der Waals surface area contributed by atoms with Crippen LogP contribution in [-0.4, -0.2) is 32.1 Å². The molecule has 19 heavy (non-hydrogen) atoms. The van der Waals surface area contributed by atoms with Crippen LogP contribution in [0.2, 0.25) is 0 Å². The average Bonchev–Trinajstić information content (AvgIpc) is 2.36. The summed E-state index contributed by atoms with van der Waals surface area (Å²) >= 11 is 0. The first-order chi connectivity index (χ1) is 8.58. The predicted molar refractivity (Wildman–Crippen MR) is 75.7 cm³/mol. The number of nitrogens with one attached hydrogen (secondary N) is 2. The molecule has 0 aliphatic heterocycles. The fourth-order valence-corrected chi connectivity index (χ4v) is 1.62. The molecule has 0 aliphatic carbocycles. The van der Waals surface area contributed by atoms with E-state index in [-0.39, 0.29) is 29.9 Å². The number of likely N-dealkylation sites (N-methyl/N-ethyl adjacent to an activating group) is 1. The fourth-order valence-electron chi connectivity index (χ4n) is 1.62. The van der Waals surface area contributed by atoms with E-state index < -0.39 is 5.82 Å². The van der Waals surface area contributed by atoms with Crippen molar-refractivity contribution in [2.75, 3.05) is 20.2 Å². The van der Waals surface area contributed by atoms with E-state index in [1.165, 1.54) is 25.3 Å². The number of hydrogen-bond donors (Lipinski definition) is 2. The van der Waals surface area contributed by atoms with Gasteiger partial charge in [-0.1, -0.05) is 6.92 Å². The summed E-state index contributed by atoms with van der Waals surface area (Å²) in [6.07, 6.45) is 0. The molecule has 1 aromatic rings.